The molecular formula is C22H39NO. The second-order valence-electron chi connectivity index (χ2n) is 7.59. The molecule has 0 bridgehead atoms. The van der Waals surface area contributed by atoms with Crippen molar-refractivity contribution < 1.29 is 4.74 Å². The summed E-state index contributed by atoms with van der Waals surface area (Å²) in [6, 6.07) is 0. The first kappa shape index (κ1) is 21.0. The molecule has 2 heteroatoms. The van der Waals surface area contributed by atoms with Gasteiger partial charge < -0.3 is 4.74 Å². The minimum atomic E-state index is -0.00846. The zero-order valence-corrected chi connectivity index (χ0v) is 16.4. The van der Waals surface area contributed by atoms with Crippen LogP contribution in [0.2, 0.25) is 0 Å². The van der Waals surface area contributed by atoms with Gasteiger partial charge in [-0.05, 0) is 46.0 Å². The van der Waals surface area contributed by atoms with Crippen LogP contribution in [0.1, 0.15) is 97.8 Å². The molecule has 0 aliphatic carbocycles. The molecule has 0 amide bonds. The molecule has 0 aromatic heterocycles. The Kier molecular flexibility index (Phi) is 11.6. The van der Waals surface area contributed by atoms with Gasteiger partial charge in [0.2, 0.25) is 0 Å². The van der Waals surface area contributed by atoms with Crippen molar-refractivity contribution in [3.63, 3.8) is 0 Å². The van der Waals surface area contributed by atoms with E-state index in [2.05, 4.69) is 50.1 Å². The zero-order chi connectivity index (χ0) is 17.5. The van der Waals surface area contributed by atoms with Crippen molar-refractivity contribution in [2.75, 3.05) is 6.61 Å². The second-order valence-corrected chi connectivity index (χ2v) is 7.59. The molecule has 0 spiro atoms. The number of hydrogen-bond acceptors (Lipinski definition) is 2. The molecule has 1 aliphatic heterocycles. The van der Waals surface area contributed by atoms with Crippen LogP contribution < -0.4 is 0 Å². The van der Waals surface area contributed by atoms with E-state index < -0.39 is 0 Å². The van der Waals surface area contributed by atoms with Gasteiger partial charge in [-0.15, -0.1) is 0 Å². The first-order valence-electron chi connectivity index (χ1n) is 10.2. The third-order valence-corrected chi connectivity index (χ3v) is 4.36. The maximum atomic E-state index is 5.60. The summed E-state index contributed by atoms with van der Waals surface area (Å²) in [5.41, 5.74) is -0.00846. The second kappa shape index (κ2) is 13.3. The smallest absolute Gasteiger partial charge is 0.183 e. The Morgan fingerprint density at radius 2 is 1.50 bits per heavy atom. The van der Waals surface area contributed by atoms with Crippen molar-refractivity contribution in [1.82, 2.24) is 0 Å². The number of allylic oxidation sites excluding steroid dienone is 4. The van der Waals surface area contributed by atoms with Crippen molar-refractivity contribution in [3.8, 4) is 0 Å². The van der Waals surface area contributed by atoms with Crippen molar-refractivity contribution in [1.29, 1.82) is 0 Å². The number of ether oxygens (including phenoxy) is 1. The van der Waals surface area contributed by atoms with Crippen LogP contribution >= 0.6 is 0 Å². The lowest BCUT2D eigenvalue weighted by Crippen LogP contribution is -2.17. The van der Waals surface area contributed by atoms with Crippen LogP contribution in [0.25, 0.3) is 0 Å². The maximum absolute atomic E-state index is 5.60. The van der Waals surface area contributed by atoms with Crippen molar-refractivity contribution in [2.24, 2.45) is 4.99 Å². The van der Waals surface area contributed by atoms with E-state index in [9.17, 15) is 0 Å². The summed E-state index contributed by atoms with van der Waals surface area (Å²) in [5.74, 6) is 0.947. The summed E-state index contributed by atoms with van der Waals surface area (Å²) in [6.07, 6.45) is 24.5. The number of aliphatic imine (C=N–C) groups is 1. The summed E-state index contributed by atoms with van der Waals surface area (Å²) in [6.45, 7) is 7.26. The molecular weight excluding hydrogens is 294 g/mol. The van der Waals surface area contributed by atoms with Crippen molar-refractivity contribution in [3.05, 3.63) is 24.3 Å². The Labute approximate surface area is 150 Å². The van der Waals surface area contributed by atoms with Crippen LogP contribution in [0, 0.1) is 0 Å². The predicted molar refractivity (Wildman–Crippen MR) is 107 cm³/mol. The SMILES string of the molecule is CCCCCCCCC/C=C\C/C=C\CCCC1=NC(C)(C)CO1. The Morgan fingerprint density at radius 3 is 2.12 bits per heavy atom. The van der Waals surface area contributed by atoms with Crippen LogP contribution in [0.3, 0.4) is 0 Å². The lowest BCUT2D eigenvalue weighted by molar-refractivity contribution is 0.273. The Bertz CT molecular complexity index is 393. The Balaban J connectivity index is 1.87. The largest absolute Gasteiger partial charge is 0.478 e. The third-order valence-electron chi connectivity index (χ3n) is 4.36. The van der Waals surface area contributed by atoms with Gasteiger partial charge >= 0.3 is 0 Å². The van der Waals surface area contributed by atoms with Gasteiger partial charge in [0.25, 0.3) is 0 Å². The van der Waals surface area contributed by atoms with Gasteiger partial charge in [-0.2, -0.15) is 0 Å². The van der Waals surface area contributed by atoms with Crippen molar-refractivity contribution >= 4 is 5.90 Å². The summed E-state index contributed by atoms with van der Waals surface area (Å²) in [5, 5.41) is 0. The van der Waals surface area contributed by atoms with E-state index in [-0.39, 0.29) is 5.54 Å². The van der Waals surface area contributed by atoms with E-state index in [1.54, 1.807) is 0 Å². The van der Waals surface area contributed by atoms with Crippen LogP contribution in [-0.4, -0.2) is 18.0 Å². The molecule has 0 saturated carbocycles. The predicted octanol–water partition coefficient (Wildman–Crippen LogP) is 7.01. The number of nitrogens with zero attached hydrogens (tertiary/aromatic N) is 1. The van der Waals surface area contributed by atoms with E-state index in [1.165, 1.54) is 51.4 Å². The molecule has 0 N–H and O–H groups in total. The molecule has 0 atom stereocenters. The average Bonchev–Trinajstić information content (AvgIpc) is 2.90. The van der Waals surface area contributed by atoms with E-state index in [4.69, 9.17) is 4.74 Å². The molecule has 1 aliphatic rings. The first-order valence-corrected chi connectivity index (χ1v) is 10.2. The van der Waals surface area contributed by atoms with Gasteiger partial charge in [0.05, 0.1) is 5.54 Å². The van der Waals surface area contributed by atoms with Gasteiger partial charge in [0.15, 0.2) is 5.90 Å². The first-order chi connectivity index (χ1) is 11.6. The van der Waals surface area contributed by atoms with Crippen LogP contribution in [0.5, 0.6) is 0 Å². The summed E-state index contributed by atoms with van der Waals surface area (Å²) >= 11 is 0. The highest BCUT2D eigenvalue weighted by molar-refractivity contribution is 5.78. The molecule has 0 saturated heterocycles. The molecule has 0 unspecified atom stereocenters. The van der Waals surface area contributed by atoms with Gasteiger partial charge in [0, 0.05) is 6.42 Å². The zero-order valence-electron chi connectivity index (χ0n) is 16.4. The Hall–Kier alpha value is -1.05. The minimum absolute atomic E-state index is 0.00846. The summed E-state index contributed by atoms with van der Waals surface area (Å²) in [4.78, 5) is 4.58. The molecule has 0 fully saturated rings. The highest BCUT2D eigenvalue weighted by Crippen LogP contribution is 2.19. The lowest BCUT2D eigenvalue weighted by atomic mass is 10.1. The number of unbranched alkanes of at least 4 members (excludes halogenated alkanes) is 8. The Morgan fingerprint density at radius 1 is 0.875 bits per heavy atom. The molecule has 24 heavy (non-hydrogen) atoms. The monoisotopic (exact) mass is 333 g/mol. The normalized spacial score (nSPS) is 16.9. The van der Waals surface area contributed by atoms with Crippen LogP contribution in [0.15, 0.2) is 29.3 Å². The topological polar surface area (TPSA) is 21.6 Å². The third kappa shape index (κ3) is 11.5. The van der Waals surface area contributed by atoms with E-state index in [1.807, 2.05) is 0 Å². The molecule has 1 rings (SSSR count). The summed E-state index contributed by atoms with van der Waals surface area (Å²) in [7, 11) is 0. The van der Waals surface area contributed by atoms with Gasteiger partial charge in [0.1, 0.15) is 6.61 Å². The quantitative estimate of drug-likeness (QED) is 0.247. The highest BCUT2D eigenvalue weighted by Gasteiger charge is 2.25. The lowest BCUT2D eigenvalue weighted by Gasteiger charge is -2.07. The molecule has 2 nitrogen and oxygen atoms in total. The van der Waals surface area contributed by atoms with Gasteiger partial charge in [-0.1, -0.05) is 69.8 Å². The van der Waals surface area contributed by atoms with Gasteiger partial charge in [-0.3, -0.25) is 0 Å². The minimum Gasteiger partial charge on any atom is -0.478 e. The molecule has 0 aromatic rings. The van der Waals surface area contributed by atoms with Crippen LogP contribution in [-0.2, 0) is 4.74 Å². The van der Waals surface area contributed by atoms with Gasteiger partial charge in [-0.25, -0.2) is 4.99 Å². The fourth-order valence-corrected chi connectivity index (χ4v) is 2.89. The fourth-order valence-electron chi connectivity index (χ4n) is 2.89. The fraction of sp³-hybridized carbons (Fsp3) is 0.773. The molecule has 0 radical (unpaired) electrons. The molecule has 0 aromatic carbocycles. The molecule has 1 heterocycles. The number of rotatable bonds is 14. The maximum Gasteiger partial charge on any atom is 0.183 e. The highest BCUT2D eigenvalue weighted by atomic mass is 16.5. The van der Waals surface area contributed by atoms with Crippen molar-refractivity contribution in [2.45, 2.75) is 103 Å². The standard InChI is InChI=1S/C22H39NO/c1-4-5-6-7-8-9-10-11-12-13-14-15-16-17-18-19-21-23-22(2,3)20-24-21/h12-13,15-16H,4-11,14,17-20H2,1-3H3/b13-12-,16-15-. The van der Waals surface area contributed by atoms with E-state index in [0.717, 1.165) is 38.2 Å². The van der Waals surface area contributed by atoms with Crippen LogP contribution in [0.4, 0.5) is 0 Å². The van der Waals surface area contributed by atoms with E-state index in [0.29, 0.717) is 0 Å². The van der Waals surface area contributed by atoms with E-state index >= 15 is 0 Å². The molecule has 138 valence electrons. The number of hydrogen-bond donors (Lipinski definition) is 0. The average molecular weight is 334 g/mol. The summed E-state index contributed by atoms with van der Waals surface area (Å²) < 4.78 is 5.60.